The standard InChI is InChI=1S/C36H36Cl2N4O5/c1-25-28(24-47-35-18-34(29(22-43)17-32(35)37)46-23-27-16-26(19-39)20-41-21-27)4-2-5-30(25)31-6-3-7-33(36(31)38)45-13-9-40-8-10-42-11-14-44-15-12-42/h2-7,16-18,20-22,40H,8-15,23-24H2,1H3. The number of halogens is 2. The van der Waals surface area contributed by atoms with Crippen LogP contribution in [0, 0.1) is 18.3 Å². The number of aromatic nitrogens is 1. The molecular weight excluding hydrogens is 639 g/mol. The molecule has 1 aliphatic rings. The maximum absolute atomic E-state index is 11.7. The Hall–Kier alpha value is -4.17. The predicted octanol–water partition coefficient (Wildman–Crippen LogP) is 6.51. The first-order valence-electron chi connectivity index (χ1n) is 15.4. The topological polar surface area (TPSA) is 106 Å². The largest absolute Gasteiger partial charge is 0.491 e. The van der Waals surface area contributed by atoms with E-state index in [0.29, 0.717) is 52.8 Å². The molecule has 0 unspecified atom stereocenters. The zero-order valence-electron chi connectivity index (χ0n) is 26.1. The lowest BCUT2D eigenvalue weighted by atomic mass is 9.96. The summed E-state index contributed by atoms with van der Waals surface area (Å²) in [6.07, 6.45) is 3.75. The molecule has 0 atom stereocenters. The van der Waals surface area contributed by atoms with Crippen LogP contribution >= 0.6 is 23.2 Å². The Morgan fingerprint density at radius 1 is 0.957 bits per heavy atom. The average Bonchev–Trinajstić information content (AvgIpc) is 3.10. The molecule has 0 saturated carbocycles. The van der Waals surface area contributed by atoms with Gasteiger partial charge in [-0.2, -0.15) is 5.26 Å². The van der Waals surface area contributed by atoms with Crippen molar-refractivity contribution in [2.75, 3.05) is 52.5 Å². The van der Waals surface area contributed by atoms with E-state index in [2.05, 4.69) is 21.3 Å². The van der Waals surface area contributed by atoms with Gasteiger partial charge in [0.25, 0.3) is 0 Å². The Labute approximate surface area is 284 Å². The molecule has 1 aromatic heterocycles. The summed E-state index contributed by atoms with van der Waals surface area (Å²) in [5.41, 5.74) is 5.15. The molecule has 1 N–H and O–H groups in total. The van der Waals surface area contributed by atoms with Crippen molar-refractivity contribution >= 4 is 29.5 Å². The van der Waals surface area contributed by atoms with Gasteiger partial charge in [0.15, 0.2) is 6.29 Å². The third-order valence-corrected chi connectivity index (χ3v) is 8.52. The van der Waals surface area contributed by atoms with Crippen LogP contribution in [0.25, 0.3) is 11.1 Å². The highest BCUT2D eigenvalue weighted by Gasteiger charge is 2.16. The number of pyridine rings is 1. The van der Waals surface area contributed by atoms with Crippen LogP contribution in [-0.4, -0.2) is 68.7 Å². The van der Waals surface area contributed by atoms with Crippen LogP contribution in [-0.2, 0) is 18.0 Å². The maximum atomic E-state index is 11.7. The lowest BCUT2D eigenvalue weighted by molar-refractivity contribution is 0.0383. The molecule has 244 valence electrons. The number of hydrogen-bond acceptors (Lipinski definition) is 9. The van der Waals surface area contributed by atoms with Crippen molar-refractivity contribution in [3.05, 3.63) is 105 Å². The second-order valence-corrected chi connectivity index (χ2v) is 11.8. The Morgan fingerprint density at radius 3 is 2.55 bits per heavy atom. The van der Waals surface area contributed by atoms with E-state index in [4.69, 9.17) is 47.4 Å². The molecule has 5 rings (SSSR count). The number of benzene rings is 3. The zero-order valence-corrected chi connectivity index (χ0v) is 27.6. The summed E-state index contributed by atoms with van der Waals surface area (Å²) in [7, 11) is 0. The van der Waals surface area contributed by atoms with Crippen LogP contribution in [0.5, 0.6) is 17.2 Å². The Bertz CT molecular complexity index is 1720. The van der Waals surface area contributed by atoms with Gasteiger partial charge < -0.3 is 24.3 Å². The number of nitrogens with one attached hydrogen (secondary N) is 1. The molecule has 0 bridgehead atoms. The maximum Gasteiger partial charge on any atom is 0.153 e. The smallest absolute Gasteiger partial charge is 0.153 e. The molecular formula is C36H36Cl2N4O5. The van der Waals surface area contributed by atoms with Gasteiger partial charge in [-0.05, 0) is 41.8 Å². The van der Waals surface area contributed by atoms with Gasteiger partial charge in [0.05, 0.1) is 34.4 Å². The number of morpholine rings is 1. The summed E-state index contributed by atoms with van der Waals surface area (Å²) < 4.78 is 23.5. The van der Waals surface area contributed by atoms with E-state index in [1.807, 2.05) is 43.3 Å². The molecule has 0 radical (unpaired) electrons. The highest BCUT2D eigenvalue weighted by Crippen LogP contribution is 2.38. The summed E-state index contributed by atoms with van der Waals surface area (Å²) in [6, 6.07) is 18.6. The minimum Gasteiger partial charge on any atom is -0.491 e. The Morgan fingerprint density at radius 2 is 1.74 bits per heavy atom. The number of aldehydes is 1. The zero-order chi connectivity index (χ0) is 33.0. The number of carbonyl (C=O) groups is 1. The van der Waals surface area contributed by atoms with Crippen molar-refractivity contribution in [1.82, 2.24) is 15.2 Å². The molecule has 0 aliphatic carbocycles. The van der Waals surface area contributed by atoms with Gasteiger partial charge in [-0.15, -0.1) is 0 Å². The van der Waals surface area contributed by atoms with Gasteiger partial charge in [0, 0.05) is 62.3 Å². The van der Waals surface area contributed by atoms with E-state index in [0.717, 1.165) is 61.6 Å². The molecule has 47 heavy (non-hydrogen) atoms. The lowest BCUT2D eigenvalue weighted by Gasteiger charge is -2.26. The number of hydrogen-bond donors (Lipinski definition) is 1. The lowest BCUT2D eigenvalue weighted by Crippen LogP contribution is -2.40. The van der Waals surface area contributed by atoms with Crippen molar-refractivity contribution in [2.45, 2.75) is 20.1 Å². The van der Waals surface area contributed by atoms with Gasteiger partial charge in [-0.25, -0.2) is 0 Å². The number of ether oxygens (including phenoxy) is 4. The fraction of sp³-hybridized carbons (Fsp3) is 0.306. The third-order valence-electron chi connectivity index (χ3n) is 7.84. The molecule has 9 nitrogen and oxygen atoms in total. The van der Waals surface area contributed by atoms with Crippen LogP contribution in [0.1, 0.15) is 32.6 Å². The van der Waals surface area contributed by atoms with E-state index in [1.165, 1.54) is 12.3 Å². The van der Waals surface area contributed by atoms with Gasteiger partial charge in [-0.1, -0.05) is 53.5 Å². The van der Waals surface area contributed by atoms with Crippen LogP contribution in [0.2, 0.25) is 10.0 Å². The molecule has 3 aromatic carbocycles. The second-order valence-electron chi connectivity index (χ2n) is 11.0. The number of carbonyl (C=O) groups excluding carboxylic acids is 1. The Kier molecular flexibility index (Phi) is 12.4. The first-order valence-corrected chi connectivity index (χ1v) is 16.1. The fourth-order valence-corrected chi connectivity index (χ4v) is 5.71. The second kappa shape index (κ2) is 17.1. The minimum atomic E-state index is 0.112. The number of nitrogens with zero attached hydrogens (tertiary/aromatic N) is 3. The van der Waals surface area contributed by atoms with Gasteiger partial charge in [0.2, 0.25) is 0 Å². The van der Waals surface area contributed by atoms with Gasteiger partial charge in [-0.3, -0.25) is 14.7 Å². The first kappa shape index (κ1) is 34.2. The van der Waals surface area contributed by atoms with Crippen molar-refractivity contribution in [2.24, 2.45) is 0 Å². The fourth-order valence-electron chi connectivity index (χ4n) is 5.20. The molecule has 0 amide bonds. The summed E-state index contributed by atoms with van der Waals surface area (Å²) in [4.78, 5) is 18.2. The monoisotopic (exact) mass is 674 g/mol. The average molecular weight is 676 g/mol. The summed E-state index contributed by atoms with van der Waals surface area (Å²) in [6.45, 7) is 9.00. The highest BCUT2D eigenvalue weighted by molar-refractivity contribution is 6.35. The van der Waals surface area contributed by atoms with Crippen molar-refractivity contribution in [1.29, 1.82) is 5.26 Å². The molecule has 1 aliphatic heterocycles. The highest BCUT2D eigenvalue weighted by atomic mass is 35.5. The minimum absolute atomic E-state index is 0.112. The number of nitriles is 1. The summed E-state index contributed by atoms with van der Waals surface area (Å²) in [5, 5.41) is 13.4. The SMILES string of the molecule is Cc1c(COc2cc(OCc3cncc(C#N)c3)c(C=O)cc2Cl)cccc1-c1cccc(OCCNCCN2CCOCC2)c1Cl. The van der Waals surface area contributed by atoms with E-state index < -0.39 is 0 Å². The van der Waals surface area contributed by atoms with Crippen molar-refractivity contribution in [3.63, 3.8) is 0 Å². The molecule has 11 heteroatoms. The Balaban J connectivity index is 1.21. The molecule has 1 saturated heterocycles. The van der Waals surface area contributed by atoms with E-state index in [-0.39, 0.29) is 23.8 Å². The predicted molar refractivity (Wildman–Crippen MR) is 182 cm³/mol. The third kappa shape index (κ3) is 9.22. The van der Waals surface area contributed by atoms with Crippen LogP contribution in [0.15, 0.2) is 67.0 Å². The summed E-state index contributed by atoms with van der Waals surface area (Å²) >= 11 is 13.4. The molecule has 1 fully saturated rings. The quantitative estimate of drug-likeness (QED) is 0.112. The van der Waals surface area contributed by atoms with E-state index >= 15 is 0 Å². The van der Waals surface area contributed by atoms with Gasteiger partial charge >= 0.3 is 0 Å². The first-order chi connectivity index (χ1) is 23.0. The van der Waals surface area contributed by atoms with E-state index in [9.17, 15) is 4.79 Å². The van der Waals surface area contributed by atoms with Crippen molar-refractivity contribution in [3.8, 4) is 34.4 Å². The normalized spacial score (nSPS) is 13.1. The van der Waals surface area contributed by atoms with Crippen LogP contribution in [0.3, 0.4) is 0 Å². The molecule has 0 spiro atoms. The van der Waals surface area contributed by atoms with Crippen molar-refractivity contribution < 1.29 is 23.7 Å². The molecule has 2 heterocycles. The van der Waals surface area contributed by atoms with Gasteiger partial charge in [0.1, 0.15) is 43.1 Å². The molecule has 4 aromatic rings. The summed E-state index contributed by atoms with van der Waals surface area (Å²) in [5.74, 6) is 1.31. The van der Waals surface area contributed by atoms with Crippen LogP contribution in [0.4, 0.5) is 0 Å². The van der Waals surface area contributed by atoms with E-state index in [1.54, 1.807) is 18.3 Å². The van der Waals surface area contributed by atoms with Crippen LogP contribution < -0.4 is 19.5 Å². The number of rotatable bonds is 15.